The smallest absolute Gasteiger partial charge is 0.328 e. The van der Waals surface area contributed by atoms with Crippen LogP contribution < -0.4 is 27.2 Å². The molecule has 0 saturated carbocycles. The first-order chi connectivity index (χ1) is 12.0. The molecule has 5 N–H and O–H groups in total. The van der Waals surface area contributed by atoms with Crippen LogP contribution in [0.25, 0.3) is 0 Å². The highest BCUT2D eigenvalue weighted by Gasteiger charge is 2.35. The molecule has 0 bridgehead atoms. The number of fused-ring (bicyclic) bond motifs is 2. The summed E-state index contributed by atoms with van der Waals surface area (Å²) in [6, 6.07) is 6.53. The molecule has 0 fully saturated rings. The summed E-state index contributed by atoms with van der Waals surface area (Å²) < 4.78 is 5.55. The van der Waals surface area contributed by atoms with Gasteiger partial charge in [0.05, 0.1) is 17.0 Å². The normalized spacial score (nSPS) is 15.1. The molecule has 126 valence electrons. The standard InChI is InChI=1S/C15H10N4O6/c20-10-8(11(21)17-14(23)16-10)7-5-3-1-2-4-6(5)25-13-9(7)12(22)18-15(24)19-13/h1-4,7H,(H2,18,19,22,24)(H3,16,17,20,21,23)/t7-/m1/s1. The fraction of sp³-hybridized carbons (Fsp3) is 0.0667. The summed E-state index contributed by atoms with van der Waals surface area (Å²) in [6.45, 7) is 0. The monoisotopic (exact) mass is 342 g/mol. The van der Waals surface area contributed by atoms with E-state index in [4.69, 9.17) is 4.74 Å². The van der Waals surface area contributed by atoms with E-state index in [2.05, 4.69) is 15.0 Å². The zero-order valence-electron chi connectivity index (χ0n) is 12.4. The Morgan fingerprint density at radius 2 is 1.48 bits per heavy atom. The van der Waals surface area contributed by atoms with E-state index >= 15 is 0 Å². The molecule has 4 rings (SSSR count). The Morgan fingerprint density at radius 3 is 2.20 bits per heavy atom. The Kier molecular flexibility index (Phi) is 3.01. The van der Waals surface area contributed by atoms with Gasteiger partial charge in [0, 0.05) is 5.56 Å². The zero-order chi connectivity index (χ0) is 17.7. The number of rotatable bonds is 1. The molecule has 3 heterocycles. The summed E-state index contributed by atoms with van der Waals surface area (Å²) in [4.78, 5) is 56.1. The number of H-pyrrole nitrogens is 4. The van der Waals surface area contributed by atoms with E-state index in [9.17, 15) is 24.3 Å². The Balaban J connectivity index is 2.14. The molecule has 0 unspecified atom stereocenters. The number of hydrogen-bond donors (Lipinski definition) is 5. The molecule has 10 nitrogen and oxygen atoms in total. The van der Waals surface area contributed by atoms with Gasteiger partial charge in [0.2, 0.25) is 11.8 Å². The van der Waals surface area contributed by atoms with Crippen molar-refractivity contribution in [2.24, 2.45) is 0 Å². The minimum atomic E-state index is -1.05. The Labute approximate surface area is 136 Å². The molecule has 1 aromatic carbocycles. The third kappa shape index (κ3) is 2.19. The minimum absolute atomic E-state index is 0.0638. The predicted molar refractivity (Wildman–Crippen MR) is 84.5 cm³/mol. The van der Waals surface area contributed by atoms with Crippen LogP contribution >= 0.6 is 0 Å². The second-order valence-electron chi connectivity index (χ2n) is 5.39. The van der Waals surface area contributed by atoms with Crippen LogP contribution in [0.2, 0.25) is 0 Å². The summed E-state index contributed by atoms with van der Waals surface area (Å²) in [5.41, 5.74) is -3.19. The zero-order valence-corrected chi connectivity index (χ0v) is 12.4. The molecule has 0 spiro atoms. The lowest BCUT2D eigenvalue weighted by molar-refractivity contribution is 0.416. The fourth-order valence-corrected chi connectivity index (χ4v) is 2.95. The highest BCUT2D eigenvalue weighted by atomic mass is 16.5. The van der Waals surface area contributed by atoms with Gasteiger partial charge in [-0.05, 0) is 6.07 Å². The Bertz CT molecular complexity index is 1210. The SMILES string of the molecule is O=c1[nH]c(O)c([C@H]2c3ccccc3Oc3[nH]c(=O)[nH]c(=O)c32)c(=O)[nH]1. The average molecular weight is 342 g/mol. The average Bonchev–Trinajstić information content (AvgIpc) is 2.52. The van der Waals surface area contributed by atoms with Gasteiger partial charge < -0.3 is 9.84 Å². The lowest BCUT2D eigenvalue weighted by Gasteiger charge is -2.26. The van der Waals surface area contributed by atoms with Crippen LogP contribution in [0.5, 0.6) is 17.5 Å². The van der Waals surface area contributed by atoms with Crippen molar-refractivity contribution >= 4 is 0 Å². The van der Waals surface area contributed by atoms with Crippen molar-refractivity contribution in [2.45, 2.75) is 5.92 Å². The van der Waals surface area contributed by atoms with Crippen LogP contribution in [0.1, 0.15) is 22.6 Å². The molecule has 1 atom stereocenters. The van der Waals surface area contributed by atoms with Crippen molar-refractivity contribution in [3.63, 3.8) is 0 Å². The maximum Gasteiger partial charge on any atom is 0.328 e. The van der Waals surface area contributed by atoms with Gasteiger partial charge >= 0.3 is 11.4 Å². The van der Waals surface area contributed by atoms with Crippen LogP contribution in [0.15, 0.2) is 43.4 Å². The molecule has 3 aromatic rings. The quantitative estimate of drug-likeness (QED) is 0.311. The van der Waals surface area contributed by atoms with Crippen LogP contribution in [0.3, 0.4) is 0 Å². The van der Waals surface area contributed by atoms with Gasteiger partial charge in [-0.25, -0.2) is 9.59 Å². The van der Waals surface area contributed by atoms with E-state index in [1.54, 1.807) is 24.3 Å². The number of aromatic amines is 4. The first kappa shape index (κ1) is 14.8. The number of ether oxygens (including phenoxy) is 1. The van der Waals surface area contributed by atoms with Crippen molar-refractivity contribution in [3.8, 4) is 17.5 Å². The van der Waals surface area contributed by atoms with E-state index in [1.165, 1.54) is 0 Å². The van der Waals surface area contributed by atoms with Crippen molar-refractivity contribution in [2.75, 3.05) is 0 Å². The van der Waals surface area contributed by atoms with Gasteiger partial charge in [0.25, 0.3) is 11.1 Å². The largest absolute Gasteiger partial charge is 0.494 e. The van der Waals surface area contributed by atoms with Crippen LogP contribution in [0, 0.1) is 0 Å². The number of benzene rings is 1. The van der Waals surface area contributed by atoms with E-state index in [0.29, 0.717) is 11.3 Å². The predicted octanol–water partition coefficient (Wildman–Crippen LogP) is -0.569. The molecule has 1 aliphatic heterocycles. The van der Waals surface area contributed by atoms with Crippen molar-refractivity contribution in [3.05, 3.63) is 82.6 Å². The summed E-state index contributed by atoms with van der Waals surface area (Å²) >= 11 is 0. The highest BCUT2D eigenvalue weighted by molar-refractivity contribution is 5.56. The summed E-state index contributed by atoms with van der Waals surface area (Å²) in [6.07, 6.45) is 0. The molecule has 0 saturated heterocycles. The van der Waals surface area contributed by atoms with Gasteiger partial charge in [0.1, 0.15) is 5.75 Å². The first-order valence-corrected chi connectivity index (χ1v) is 7.14. The van der Waals surface area contributed by atoms with Gasteiger partial charge in [0.15, 0.2) is 0 Å². The van der Waals surface area contributed by atoms with Crippen LogP contribution in [0.4, 0.5) is 0 Å². The highest BCUT2D eigenvalue weighted by Crippen LogP contribution is 2.44. The number of para-hydroxylation sites is 1. The molecule has 10 heteroatoms. The molecule has 0 radical (unpaired) electrons. The summed E-state index contributed by atoms with van der Waals surface area (Å²) in [5, 5.41) is 10.1. The van der Waals surface area contributed by atoms with E-state index in [0.717, 1.165) is 0 Å². The second kappa shape index (κ2) is 5.09. The maximum absolute atomic E-state index is 12.3. The molecule has 2 aromatic heterocycles. The summed E-state index contributed by atoms with van der Waals surface area (Å²) in [5.74, 6) is -1.57. The number of aromatic nitrogens is 4. The first-order valence-electron chi connectivity index (χ1n) is 7.14. The van der Waals surface area contributed by atoms with Crippen molar-refractivity contribution < 1.29 is 9.84 Å². The minimum Gasteiger partial charge on any atom is -0.494 e. The van der Waals surface area contributed by atoms with Crippen LogP contribution in [-0.4, -0.2) is 25.0 Å². The molecule has 0 amide bonds. The number of hydrogen-bond acceptors (Lipinski definition) is 6. The third-order valence-electron chi connectivity index (χ3n) is 3.92. The van der Waals surface area contributed by atoms with Crippen molar-refractivity contribution in [1.29, 1.82) is 0 Å². The van der Waals surface area contributed by atoms with E-state index in [-0.39, 0.29) is 17.0 Å². The third-order valence-corrected chi connectivity index (χ3v) is 3.92. The molecule has 1 aliphatic rings. The Morgan fingerprint density at radius 1 is 0.840 bits per heavy atom. The van der Waals surface area contributed by atoms with Gasteiger partial charge in [-0.1, -0.05) is 18.2 Å². The maximum atomic E-state index is 12.3. The number of nitrogens with one attached hydrogen (secondary N) is 4. The molecular formula is C15H10N4O6. The van der Waals surface area contributed by atoms with Gasteiger partial charge in [-0.3, -0.25) is 29.5 Å². The van der Waals surface area contributed by atoms with E-state index in [1.807, 2.05) is 4.98 Å². The van der Waals surface area contributed by atoms with Crippen LogP contribution in [-0.2, 0) is 0 Å². The lowest BCUT2D eigenvalue weighted by Crippen LogP contribution is -2.34. The van der Waals surface area contributed by atoms with Gasteiger partial charge in [-0.15, -0.1) is 0 Å². The molecular weight excluding hydrogens is 332 g/mol. The Hall–Kier alpha value is -3.82. The fourth-order valence-electron chi connectivity index (χ4n) is 2.95. The second-order valence-corrected chi connectivity index (χ2v) is 5.39. The lowest BCUT2D eigenvalue weighted by atomic mass is 9.85. The molecule has 0 aliphatic carbocycles. The van der Waals surface area contributed by atoms with Gasteiger partial charge in [-0.2, -0.15) is 0 Å². The van der Waals surface area contributed by atoms with E-state index < -0.39 is 34.3 Å². The number of aromatic hydroxyl groups is 1. The topological polar surface area (TPSA) is 161 Å². The molecule has 25 heavy (non-hydrogen) atoms. The summed E-state index contributed by atoms with van der Waals surface area (Å²) in [7, 11) is 0. The van der Waals surface area contributed by atoms with Crippen molar-refractivity contribution in [1.82, 2.24) is 19.9 Å².